The number of likely N-dealkylation sites (tertiary alicyclic amines) is 1. The summed E-state index contributed by atoms with van der Waals surface area (Å²) < 4.78 is 5.92. The van der Waals surface area contributed by atoms with Gasteiger partial charge in [0.05, 0.1) is 23.8 Å². The van der Waals surface area contributed by atoms with Crippen LogP contribution in [0.3, 0.4) is 0 Å². The first-order chi connectivity index (χ1) is 9.72. The summed E-state index contributed by atoms with van der Waals surface area (Å²) >= 11 is 0. The van der Waals surface area contributed by atoms with Crippen molar-refractivity contribution < 1.29 is 4.74 Å². The Kier molecular flexibility index (Phi) is 3.92. The van der Waals surface area contributed by atoms with E-state index in [1.54, 1.807) is 0 Å². The van der Waals surface area contributed by atoms with E-state index in [9.17, 15) is 0 Å². The molecule has 108 valence electrons. The molecular weight excluding hydrogens is 250 g/mol. The summed E-state index contributed by atoms with van der Waals surface area (Å²) in [6.45, 7) is 7.74. The maximum absolute atomic E-state index is 5.92. The molecule has 4 nitrogen and oxygen atoms in total. The fourth-order valence-corrected chi connectivity index (χ4v) is 2.84. The largest absolute Gasteiger partial charge is 0.492 e. The van der Waals surface area contributed by atoms with Crippen LogP contribution in [-0.2, 0) is 0 Å². The zero-order valence-electron chi connectivity index (χ0n) is 12.3. The van der Waals surface area contributed by atoms with E-state index in [0.717, 1.165) is 23.4 Å². The second-order valence-corrected chi connectivity index (χ2v) is 5.97. The molecule has 1 saturated heterocycles. The van der Waals surface area contributed by atoms with Crippen molar-refractivity contribution in [3.63, 3.8) is 0 Å². The van der Waals surface area contributed by atoms with Gasteiger partial charge in [-0.2, -0.15) is 0 Å². The van der Waals surface area contributed by atoms with E-state index in [2.05, 4.69) is 28.7 Å². The average molecular weight is 273 g/mol. The number of nitrogens with one attached hydrogen (secondary N) is 1. The predicted molar refractivity (Wildman–Crippen MR) is 81.0 cm³/mol. The van der Waals surface area contributed by atoms with E-state index in [0.29, 0.717) is 12.0 Å². The fraction of sp³-hybridized carbons (Fsp3) is 0.562. The Morgan fingerprint density at radius 3 is 2.95 bits per heavy atom. The topological polar surface area (TPSA) is 41.1 Å². The highest BCUT2D eigenvalue weighted by molar-refractivity contribution is 5.75. The van der Waals surface area contributed by atoms with Crippen molar-refractivity contribution in [2.24, 2.45) is 5.92 Å². The Hall–Kier alpha value is -1.55. The maximum atomic E-state index is 5.92. The zero-order valence-corrected chi connectivity index (χ0v) is 12.3. The molecule has 1 aliphatic rings. The summed E-state index contributed by atoms with van der Waals surface area (Å²) in [5.74, 6) is 1.54. The van der Waals surface area contributed by atoms with Gasteiger partial charge in [-0.3, -0.25) is 4.98 Å². The van der Waals surface area contributed by atoms with Crippen LogP contribution in [0.25, 0.3) is 11.0 Å². The molecule has 2 aromatic rings. The minimum atomic E-state index is 0.663. The van der Waals surface area contributed by atoms with Crippen molar-refractivity contribution in [2.75, 3.05) is 19.7 Å². The number of hydrogen-bond donors (Lipinski definition) is 1. The van der Waals surface area contributed by atoms with Crippen LogP contribution >= 0.6 is 0 Å². The number of H-pyrrole nitrogens is 1. The van der Waals surface area contributed by atoms with Gasteiger partial charge in [0.15, 0.2) is 0 Å². The van der Waals surface area contributed by atoms with Crippen LogP contribution in [-0.4, -0.2) is 40.6 Å². The lowest BCUT2D eigenvalue weighted by molar-refractivity contribution is 0.119. The fourth-order valence-electron chi connectivity index (χ4n) is 2.84. The molecule has 3 heterocycles. The molecule has 3 rings (SSSR count). The molecule has 20 heavy (non-hydrogen) atoms. The Balaban J connectivity index is 1.52. The quantitative estimate of drug-likeness (QED) is 0.931. The maximum Gasteiger partial charge on any atom is 0.139 e. The van der Waals surface area contributed by atoms with Gasteiger partial charge in [-0.05, 0) is 51.8 Å². The highest BCUT2D eigenvalue weighted by Gasteiger charge is 2.21. The first-order valence-electron chi connectivity index (χ1n) is 7.52. The summed E-state index contributed by atoms with van der Waals surface area (Å²) in [7, 11) is 0. The monoisotopic (exact) mass is 273 g/mol. The van der Waals surface area contributed by atoms with Crippen molar-refractivity contribution >= 4 is 11.0 Å². The molecule has 1 fully saturated rings. The van der Waals surface area contributed by atoms with Crippen molar-refractivity contribution in [2.45, 2.75) is 32.7 Å². The second kappa shape index (κ2) is 5.83. The molecule has 4 heteroatoms. The summed E-state index contributed by atoms with van der Waals surface area (Å²) in [6, 6.07) is 4.67. The van der Waals surface area contributed by atoms with E-state index >= 15 is 0 Å². The second-order valence-electron chi connectivity index (χ2n) is 5.97. The molecule has 1 aliphatic heterocycles. The average Bonchev–Trinajstić information content (AvgIpc) is 2.93. The van der Waals surface area contributed by atoms with Crippen molar-refractivity contribution in [1.82, 2.24) is 14.9 Å². The van der Waals surface area contributed by atoms with Crippen LogP contribution < -0.4 is 4.74 Å². The lowest BCUT2D eigenvalue weighted by Gasteiger charge is -2.34. The van der Waals surface area contributed by atoms with Gasteiger partial charge < -0.3 is 14.6 Å². The van der Waals surface area contributed by atoms with E-state index in [4.69, 9.17) is 4.74 Å². The first kappa shape index (κ1) is 13.4. The molecule has 0 radical (unpaired) electrons. The lowest BCUT2D eigenvalue weighted by atomic mass is 9.97. The number of rotatable bonds is 4. The zero-order chi connectivity index (χ0) is 13.9. The van der Waals surface area contributed by atoms with Crippen LogP contribution in [0, 0.1) is 5.92 Å². The molecule has 0 saturated carbocycles. The number of piperidine rings is 1. The van der Waals surface area contributed by atoms with E-state index in [1.807, 2.05) is 24.5 Å². The molecule has 0 spiro atoms. The van der Waals surface area contributed by atoms with Gasteiger partial charge in [0.25, 0.3) is 0 Å². The third kappa shape index (κ3) is 2.96. The third-order valence-electron chi connectivity index (χ3n) is 4.24. The Bertz CT molecular complexity index is 556. The van der Waals surface area contributed by atoms with Gasteiger partial charge >= 0.3 is 0 Å². The predicted octanol–water partition coefficient (Wildman–Crippen LogP) is 3.06. The molecule has 0 aromatic carbocycles. The highest BCUT2D eigenvalue weighted by Crippen LogP contribution is 2.22. The Morgan fingerprint density at radius 2 is 2.20 bits per heavy atom. The number of pyridine rings is 1. The van der Waals surface area contributed by atoms with Crippen LogP contribution in [0.4, 0.5) is 0 Å². The molecule has 0 bridgehead atoms. The molecule has 2 aromatic heterocycles. The number of ether oxygens (including phenoxy) is 1. The SMILES string of the molecule is CC(C)N1CCC(COc2cnc3cc[nH]c3c2)CC1. The number of aromatic nitrogens is 2. The summed E-state index contributed by atoms with van der Waals surface area (Å²) in [6.07, 6.45) is 6.19. The Morgan fingerprint density at radius 1 is 1.40 bits per heavy atom. The van der Waals surface area contributed by atoms with E-state index < -0.39 is 0 Å². The summed E-state index contributed by atoms with van der Waals surface area (Å²) in [5.41, 5.74) is 2.03. The smallest absolute Gasteiger partial charge is 0.139 e. The molecule has 0 aliphatic carbocycles. The molecular formula is C16H23N3O. The van der Waals surface area contributed by atoms with Gasteiger partial charge in [0.2, 0.25) is 0 Å². The van der Waals surface area contributed by atoms with Crippen LogP contribution in [0.5, 0.6) is 5.75 Å². The minimum absolute atomic E-state index is 0.663. The first-order valence-corrected chi connectivity index (χ1v) is 7.52. The van der Waals surface area contributed by atoms with Crippen LogP contribution in [0.15, 0.2) is 24.5 Å². The normalized spacial score (nSPS) is 17.9. The van der Waals surface area contributed by atoms with Gasteiger partial charge in [-0.25, -0.2) is 0 Å². The van der Waals surface area contributed by atoms with Crippen molar-refractivity contribution in [3.05, 3.63) is 24.5 Å². The molecule has 1 N–H and O–H groups in total. The number of nitrogens with zero attached hydrogens (tertiary/aromatic N) is 2. The molecule has 0 amide bonds. The third-order valence-corrected chi connectivity index (χ3v) is 4.24. The van der Waals surface area contributed by atoms with Gasteiger partial charge in [0, 0.05) is 18.3 Å². The van der Waals surface area contributed by atoms with Gasteiger partial charge in [0.1, 0.15) is 5.75 Å². The standard InChI is InChI=1S/C16H23N3O/c1-12(2)19-7-4-13(5-8-19)11-20-14-9-16-15(18-10-14)3-6-17-16/h3,6,9-10,12-13,17H,4-5,7-8,11H2,1-2H3. The minimum Gasteiger partial charge on any atom is -0.492 e. The van der Waals surface area contributed by atoms with Crippen LogP contribution in [0.2, 0.25) is 0 Å². The van der Waals surface area contributed by atoms with Crippen LogP contribution in [0.1, 0.15) is 26.7 Å². The molecule has 0 unspecified atom stereocenters. The number of fused-ring (bicyclic) bond motifs is 1. The number of hydrogen-bond acceptors (Lipinski definition) is 3. The summed E-state index contributed by atoms with van der Waals surface area (Å²) in [5, 5.41) is 0. The van der Waals surface area contributed by atoms with Gasteiger partial charge in [-0.15, -0.1) is 0 Å². The van der Waals surface area contributed by atoms with Crippen molar-refractivity contribution in [3.8, 4) is 5.75 Å². The lowest BCUT2D eigenvalue weighted by Crippen LogP contribution is -2.39. The molecule has 0 atom stereocenters. The van der Waals surface area contributed by atoms with Crippen molar-refractivity contribution in [1.29, 1.82) is 0 Å². The Labute approximate surface area is 120 Å². The van der Waals surface area contributed by atoms with Gasteiger partial charge in [-0.1, -0.05) is 0 Å². The van der Waals surface area contributed by atoms with E-state index in [1.165, 1.54) is 25.9 Å². The summed E-state index contributed by atoms with van der Waals surface area (Å²) in [4.78, 5) is 10.1. The van der Waals surface area contributed by atoms with E-state index in [-0.39, 0.29) is 0 Å². The number of aromatic amines is 1. The highest BCUT2D eigenvalue weighted by atomic mass is 16.5.